The molecule has 3 heteroatoms. The normalized spacial score (nSPS) is 12.7. The minimum atomic E-state index is -0.168. The van der Waals surface area contributed by atoms with Crippen LogP contribution in [0.15, 0.2) is 22.7 Å². The van der Waals surface area contributed by atoms with E-state index >= 15 is 0 Å². The fourth-order valence-electron chi connectivity index (χ4n) is 1.86. The summed E-state index contributed by atoms with van der Waals surface area (Å²) in [7, 11) is 0. The van der Waals surface area contributed by atoms with Crippen LogP contribution in [0.5, 0.6) is 0 Å². The predicted molar refractivity (Wildman–Crippen MR) is 74.7 cm³/mol. The Morgan fingerprint density at radius 1 is 1.35 bits per heavy atom. The molecule has 0 saturated carbocycles. The highest BCUT2D eigenvalue weighted by Crippen LogP contribution is 2.23. The van der Waals surface area contributed by atoms with Gasteiger partial charge in [-0.1, -0.05) is 32.4 Å². The van der Waals surface area contributed by atoms with Crippen LogP contribution >= 0.6 is 15.9 Å². The molecule has 0 aromatic heterocycles. The monoisotopic (exact) mass is 301 g/mol. The third-order valence-electron chi connectivity index (χ3n) is 2.98. The third-order valence-corrected chi connectivity index (χ3v) is 3.87. The average molecular weight is 302 g/mol. The predicted octanol–water partition coefficient (Wildman–Crippen LogP) is 4.16. The van der Waals surface area contributed by atoms with E-state index < -0.39 is 0 Å². The molecule has 0 saturated heterocycles. The molecule has 1 N–H and O–H groups in total. The second-order valence-corrected chi connectivity index (χ2v) is 5.19. The summed E-state index contributed by atoms with van der Waals surface area (Å²) in [5.74, 6) is 0.401. The Morgan fingerprint density at radius 2 is 2.12 bits per heavy atom. The molecule has 0 bridgehead atoms. The van der Waals surface area contributed by atoms with Gasteiger partial charge in [0.1, 0.15) is 5.82 Å². The van der Waals surface area contributed by atoms with Gasteiger partial charge in [0, 0.05) is 0 Å². The Bertz CT molecular complexity index is 341. The molecule has 1 aromatic rings. The van der Waals surface area contributed by atoms with Gasteiger partial charge in [0.05, 0.1) is 4.47 Å². The lowest BCUT2D eigenvalue weighted by molar-refractivity contribution is 0.458. The first-order chi connectivity index (χ1) is 8.19. The fraction of sp³-hybridized carbons (Fsp3) is 0.571. The molecule has 0 spiro atoms. The van der Waals surface area contributed by atoms with Gasteiger partial charge in [-0.05, 0) is 59.4 Å². The first kappa shape index (κ1) is 14.7. The summed E-state index contributed by atoms with van der Waals surface area (Å²) in [5, 5.41) is 3.43. The molecule has 1 nitrogen and oxygen atoms in total. The zero-order chi connectivity index (χ0) is 12.7. The van der Waals surface area contributed by atoms with Gasteiger partial charge in [-0.25, -0.2) is 4.39 Å². The molecule has 0 heterocycles. The highest BCUT2D eigenvalue weighted by atomic mass is 79.9. The Hall–Kier alpha value is -0.410. The van der Waals surface area contributed by atoms with Gasteiger partial charge in [-0.15, -0.1) is 0 Å². The van der Waals surface area contributed by atoms with Crippen molar-refractivity contribution in [1.29, 1.82) is 0 Å². The smallest absolute Gasteiger partial charge is 0.137 e. The summed E-state index contributed by atoms with van der Waals surface area (Å²) >= 11 is 3.32. The lowest BCUT2D eigenvalue weighted by Crippen LogP contribution is -2.24. The molecule has 0 aliphatic carbocycles. The highest BCUT2D eigenvalue weighted by molar-refractivity contribution is 9.10. The van der Waals surface area contributed by atoms with E-state index in [1.165, 1.54) is 6.07 Å². The van der Waals surface area contributed by atoms with Crippen molar-refractivity contribution in [3.05, 3.63) is 34.1 Å². The van der Waals surface area contributed by atoms with Gasteiger partial charge < -0.3 is 5.32 Å². The summed E-state index contributed by atoms with van der Waals surface area (Å²) in [4.78, 5) is 0. The van der Waals surface area contributed by atoms with E-state index in [2.05, 4.69) is 35.1 Å². The van der Waals surface area contributed by atoms with Crippen LogP contribution < -0.4 is 5.32 Å². The van der Waals surface area contributed by atoms with Gasteiger partial charge >= 0.3 is 0 Å². The van der Waals surface area contributed by atoms with Gasteiger partial charge in [0.2, 0.25) is 0 Å². The molecular formula is C14H21BrFN. The molecule has 1 aromatic carbocycles. The highest BCUT2D eigenvalue weighted by Gasteiger charge is 2.11. The number of hydrogen-bond acceptors (Lipinski definition) is 1. The maximum absolute atomic E-state index is 13.4. The molecule has 96 valence electrons. The van der Waals surface area contributed by atoms with Crippen LogP contribution in [0.1, 0.15) is 32.3 Å². The van der Waals surface area contributed by atoms with Crippen LogP contribution in [0.3, 0.4) is 0 Å². The molecule has 0 fully saturated rings. The second-order valence-electron chi connectivity index (χ2n) is 4.40. The quantitative estimate of drug-likeness (QED) is 0.746. The third kappa shape index (κ3) is 4.76. The Balaban J connectivity index is 2.57. The summed E-state index contributed by atoms with van der Waals surface area (Å²) in [6.07, 6.45) is 3.19. The Kier molecular flexibility index (Phi) is 6.75. The molecule has 1 rings (SSSR count). The first-order valence-electron chi connectivity index (χ1n) is 6.32. The van der Waals surface area contributed by atoms with Crippen LogP contribution in [-0.4, -0.2) is 13.1 Å². The van der Waals surface area contributed by atoms with Gasteiger partial charge in [0.15, 0.2) is 0 Å². The lowest BCUT2D eigenvalue weighted by atomic mass is 9.97. The standard InChI is InChI=1S/C14H21BrFN/c1-3-8-17-10-11(4-2)9-12-6-5-7-13(16)14(12)15/h5-7,11,17H,3-4,8-10H2,1-2H3. The van der Waals surface area contributed by atoms with E-state index in [0.29, 0.717) is 10.4 Å². The minimum Gasteiger partial charge on any atom is -0.316 e. The lowest BCUT2D eigenvalue weighted by Gasteiger charge is -2.16. The average Bonchev–Trinajstić information content (AvgIpc) is 2.33. The molecule has 1 unspecified atom stereocenters. The van der Waals surface area contributed by atoms with Crippen molar-refractivity contribution in [3.8, 4) is 0 Å². The van der Waals surface area contributed by atoms with Crippen molar-refractivity contribution in [2.75, 3.05) is 13.1 Å². The van der Waals surface area contributed by atoms with Gasteiger partial charge in [-0.2, -0.15) is 0 Å². The number of halogens is 2. The van der Waals surface area contributed by atoms with E-state index in [1.807, 2.05) is 6.07 Å². The summed E-state index contributed by atoms with van der Waals surface area (Å²) in [5.41, 5.74) is 1.06. The van der Waals surface area contributed by atoms with Crippen molar-refractivity contribution < 1.29 is 4.39 Å². The molecule has 17 heavy (non-hydrogen) atoms. The molecule has 1 atom stereocenters. The number of hydrogen-bond donors (Lipinski definition) is 1. The zero-order valence-corrected chi connectivity index (χ0v) is 12.2. The second kappa shape index (κ2) is 7.83. The fourth-order valence-corrected chi connectivity index (χ4v) is 2.29. The van der Waals surface area contributed by atoms with Crippen LogP contribution in [0.2, 0.25) is 0 Å². The van der Waals surface area contributed by atoms with Crippen LogP contribution in [-0.2, 0) is 6.42 Å². The van der Waals surface area contributed by atoms with Crippen molar-refractivity contribution in [2.24, 2.45) is 5.92 Å². The molecule has 0 radical (unpaired) electrons. The number of nitrogens with one attached hydrogen (secondary N) is 1. The van der Waals surface area contributed by atoms with E-state index in [9.17, 15) is 4.39 Å². The van der Waals surface area contributed by atoms with Crippen molar-refractivity contribution in [1.82, 2.24) is 5.32 Å². The van der Waals surface area contributed by atoms with E-state index in [1.54, 1.807) is 6.07 Å². The van der Waals surface area contributed by atoms with Crippen LogP contribution in [0.4, 0.5) is 4.39 Å². The van der Waals surface area contributed by atoms with Crippen molar-refractivity contribution in [2.45, 2.75) is 33.1 Å². The largest absolute Gasteiger partial charge is 0.316 e. The molecular weight excluding hydrogens is 281 g/mol. The van der Waals surface area contributed by atoms with Crippen LogP contribution in [0.25, 0.3) is 0 Å². The Labute approximate surface area is 112 Å². The summed E-state index contributed by atoms with van der Waals surface area (Å²) in [6.45, 7) is 6.41. The SMILES string of the molecule is CCCNCC(CC)Cc1cccc(F)c1Br. The van der Waals surface area contributed by atoms with Crippen molar-refractivity contribution in [3.63, 3.8) is 0 Å². The van der Waals surface area contributed by atoms with E-state index in [0.717, 1.165) is 37.9 Å². The first-order valence-corrected chi connectivity index (χ1v) is 7.11. The van der Waals surface area contributed by atoms with Gasteiger partial charge in [0.25, 0.3) is 0 Å². The number of benzene rings is 1. The van der Waals surface area contributed by atoms with Gasteiger partial charge in [-0.3, -0.25) is 0 Å². The summed E-state index contributed by atoms with van der Waals surface area (Å²) in [6, 6.07) is 5.27. The minimum absolute atomic E-state index is 0.168. The van der Waals surface area contributed by atoms with Crippen LogP contribution in [0, 0.1) is 11.7 Å². The summed E-state index contributed by atoms with van der Waals surface area (Å²) < 4.78 is 14.0. The van der Waals surface area contributed by atoms with E-state index in [-0.39, 0.29) is 5.82 Å². The Morgan fingerprint density at radius 3 is 2.76 bits per heavy atom. The van der Waals surface area contributed by atoms with Crippen molar-refractivity contribution >= 4 is 15.9 Å². The maximum Gasteiger partial charge on any atom is 0.137 e. The zero-order valence-electron chi connectivity index (χ0n) is 10.6. The molecule has 0 amide bonds. The van der Waals surface area contributed by atoms with E-state index in [4.69, 9.17) is 0 Å². The topological polar surface area (TPSA) is 12.0 Å². The number of rotatable bonds is 7. The maximum atomic E-state index is 13.4. The molecule has 0 aliphatic heterocycles. The molecule has 0 aliphatic rings.